The van der Waals surface area contributed by atoms with Gasteiger partial charge in [0.25, 0.3) is 5.91 Å². The molecular weight excluding hydrogens is 330 g/mol. The Morgan fingerprint density at radius 1 is 1.23 bits per heavy atom. The van der Waals surface area contributed by atoms with Gasteiger partial charge in [0.1, 0.15) is 17.8 Å². The topological polar surface area (TPSA) is 74.9 Å². The Morgan fingerprint density at radius 2 is 2.08 bits per heavy atom. The maximum atomic E-state index is 12.0. The van der Waals surface area contributed by atoms with Crippen LogP contribution in [0.4, 0.5) is 0 Å². The zero-order chi connectivity index (χ0) is 18.1. The second-order valence-corrected chi connectivity index (χ2v) is 6.46. The van der Waals surface area contributed by atoms with E-state index in [1.807, 2.05) is 30.3 Å². The number of hydrogen-bond donors (Lipinski definition) is 1. The Hall–Kier alpha value is -3.15. The molecule has 2 amide bonds. The quantitative estimate of drug-likeness (QED) is 0.581. The number of rotatable bonds is 4. The van der Waals surface area contributed by atoms with Crippen LogP contribution in [0.5, 0.6) is 0 Å². The number of amides is 2. The van der Waals surface area contributed by atoms with E-state index in [2.05, 4.69) is 22.7 Å². The molecule has 26 heavy (non-hydrogen) atoms. The van der Waals surface area contributed by atoms with Crippen LogP contribution in [0.2, 0.25) is 0 Å². The molecular formula is C20H19N3O3. The first-order chi connectivity index (χ1) is 12.6. The van der Waals surface area contributed by atoms with Crippen molar-refractivity contribution in [2.75, 3.05) is 13.1 Å². The number of benzene rings is 2. The number of fused-ring (bicyclic) bond motifs is 3. The van der Waals surface area contributed by atoms with Gasteiger partial charge in [0.15, 0.2) is 5.76 Å². The number of carbonyl (C=O) groups excluding carboxylic acids is 2. The Bertz CT molecular complexity index is 1040. The van der Waals surface area contributed by atoms with Gasteiger partial charge in [0.2, 0.25) is 5.91 Å². The third kappa shape index (κ3) is 3.06. The number of hydrogen-bond acceptors (Lipinski definition) is 4. The first-order valence-corrected chi connectivity index (χ1v) is 8.64. The number of furan rings is 1. The lowest BCUT2D eigenvalue weighted by Gasteiger charge is -2.13. The molecule has 0 radical (unpaired) electrons. The van der Waals surface area contributed by atoms with Gasteiger partial charge in [-0.15, -0.1) is 0 Å². The Labute approximate surface area is 150 Å². The molecule has 1 saturated heterocycles. The summed E-state index contributed by atoms with van der Waals surface area (Å²) < 4.78 is 5.87. The van der Waals surface area contributed by atoms with Crippen LogP contribution in [-0.2, 0) is 9.59 Å². The fraction of sp³-hybridized carbons (Fsp3) is 0.250. The van der Waals surface area contributed by atoms with Crippen molar-refractivity contribution in [1.29, 1.82) is 0 Å². The first kappa shape index (κ1) is 16.3. The molecule has 0 saturated carbocycles. The van der Waals surface area contributed by atoms with Gasteiger partial charge in [-0.05, 0) is 36.2 Å². The standard InChI is InChI=1S/C20H19N3O3/c1-13(21-22-19(24)12-23-10-4-7-20(23)25)18-11-16-15-6-3-2-5-14(15)8-9-17(16)26-18/h2-3,5-6,8-9,11H,4,7,10,12H2,1H3,(H,22,24)/b21-13+. The minimum Gasteiger partial charge on any atom is -0.455 e. The number of carbonyl (C=O) groups is 2. The van der Waals surface area contributed by atoms with Gasteiger partial charge in [-0.25, -0.2) is 5.43 Å². The van der Waals surface area contributed by atoms with E-state index in [9.17, 15) is 9.59 Å². The van der Waals surface area contributed by atoms with Gasteiger partial charge in [0.05, 0.1) is 0 Å². The van der Waals surface area contributed by atoms with Crippen molar-refractivity contribution in [2.45, 2.75) is 19.8 Å². The van der Waals surface area contributed by atoms with Crippen molar-refractivity contribution >= 4 is 39.3 Å². The van der Waals surface area contributed by atoms with Crippen LogP contribution in [0.25, 0.3) is 21.7 Å². The fourth-order valence-corrected chi connectivity index (χ4v) is 3.25. The summed E-state index contributed by atoms with van der Waals surface area (Å²) in [5.74, 6) is 0.320. The zero-order valence-corrected chi connectivity index (χ0v) is 14.5. The maximum absolute atomic E-state index is 12.0. The Balaban J connectivity index is 1.53. The van der Waals surface area contributed by atoms with Gasteiger partial charge in [-0.2, -0.15) is 5.10 Å². The second kappa shape index (κ2) is 6.63. The molecule has 1 aliphatic rings. The Kier molecular flexibility index (Phi) is 4.16. The molecule has 132 valence electrons. The average Bonchev–Trinajstić information content (AvgIpc) is 3.26. The molecule has 0 aliphatic carbocycles. The molecule has 0 atom stereocenters. The summed E-state index contributed by atoms with van der Waals surface area (Å²) in [5, 5.41) is 7.40. The minimum absolute atomic E-state index is 0.0185. The summed E-state index contributed by atoms with van der Waals surface area (Å²) in [6.07, 6.45) is 1.32. The van der Waals surface area contributed by atoms with E-state index >= 15 is 0 Å². The van der Waals surface area contributed by atoms with Gasteiger partial charge in [-0.3, -0.25) is 9.59 Å². The van der Waals surface area contributed by atoms with Crippen LogP contribution < -0.4 is 5.43 Å². The molecule has 3 aromatic rings. The molecule has 0 bridgehead atoms. The average molecular weight is 349 g/mol. The number of hydrazone groups is 1. The predicted octanol–water partition coefficient (Wildman–Crippen LogP) is 3.05. The van der Waals surface area contributed by atoms with Crippen molar-refractivity contribution in [3.8, 4) is 0 Å². The van der Waals surface area contributed by atoms with E-state index in [4.69, 9.17) is 4.42 Å². The molecule has 0 spiro atoms. The highest BCUT2D eigenvalue weighted by atomic mass is 16.3. The smallest absolute Gasteiger partial charge is 0.259 e. The van der Waals surface area contributed by atoms with Crippen molar-refractivity contribution in [3.05, 3.63) is 48.2 Å². The van der Waals surface area contributed by atoms with Gasteiger partial charge in [0, 0.05) is 18.4 Å². The largest absolute Gasteiger partial charge is 0.455 e. The van der Waals surface area contributed by atoms with Crippen LogP contribution in [0.3, 0.4) is 0 Å². The van der Waals surface area contributed by atoms with Crippen LogP contribution >= 0.6 is 0 Å². The fourth-order valence-electron chi connectivity index (χ4n) is 3.25. The van der Waals surface area contributed by atoms with Crippen LogP contribution in [-0.4, -0.2) is 35.5 Å². The molecule has 1 aliphatic heterocycles. The lowest BCUT2D eigenvalue weighted by Crippen LogP contribution is -2.36. The highest BCUT2D eigenvalue weighted by Gasteiger charge is 2.22. The zero-order valence-electron chi connectivity index (χ0n) is 14.5. The van der Waals surface area contributed by atoms with E-state index in [-0.39, 0.29) is 18.4 Å². The highest BCUT2D eigenvalue weighted by Crippen LogP contribution is 2.28. The van der Waals surface area contributed by atoms with Gasteiger partial charge < -0.3 is 9.32 Å². The number of nitrogens with one attached hydrogen (secondary N) is 1. The van der Waals surface area contributed by atoms with Crippen molar-refractivity contribution in [2.24, 2.45) is 5.10 Å². The molecule has 0 unspecified atom stereocenters. The molecule has 6 nitrogen and oxygen atoms in total. The summed E-state index contributed by atoms with van der Waals surface area (Å²) >= 11 is 0. The number of nitrogens with zero attached hydrogens (tertiary/aromatic N) is 2. The van der Waals surface area contributed by atoms with Crippen molar-refractivity contribution in [3.63, 3.8) is 0 Å². The van der Waals surface area contributed by atoms with Crippen molar-refractivity contribution in [1.82, 2.24) is 10.3 Å². The molecule has 2 heterocycles. The lowest BCUT2D eigenvalue weighted by atomic mass is 10.1. The third-order valence-electron chi connectivity index (χ3n) is 4.64. The van der Waals surface area contributed by atoms with E-state index in [1.54, 1.807) is 11.8 Å². The SMILES string of the molecule is C/C(=N\NC(=O)CN1CCCC1=O)c1cc2c(ccc3ccccc32)o1. The molecule has 1 fully saturated rings. The maximum Gasteiger partial charge on any atom is 0.259 e. The highest BCUT2D eigenvalue weighted by molar-refractivity contribution is 6.09. The monoisotopic (exact) mass is 349 g/mol. The van der Waals surface area contributed by atoms with Crippen LogP contribution in [0, 0.1) is 0 Å². The number of likely N-dealkylation sites (tertiary alicyclic amines) is 1. The van der Waals surface area contributed by atoms with E-state index in [0.29, 0.717) is 24.4 Å². The summed E-state index contributed by atoms with van der Waals surface area (Å²) in [6.45, 7) is 2.45. The summed E-state index contributed by atoms with van der Waals surface area (Å²) in [5.41, 5.74) is 3.86. The van der Waals surface area contributed by atoms with Gasteiger partial charge in [-0.1, -0.05) is 30.3 Å². The normalized spacial score (nSPS) is 15.2. The molecule has 6 heteroatoms. The summed E-state index contributed by atoms with van der Waals surface area (Å²) in [7, 11) is 0. The van der Waals surface area contributed by atoms with Gasteiger partial charge >= 0.3 is 0 Å². The van der Waals surface area contributed by atoms with E-state index < -0.39 is 0 Å². The van der Waals surface area contributed by atoms with E-state index in [1.165, 1.54) is 0 Å². The van der Waals surface area contributed by atoms with Crippen LogP contribution in [0.1, 0.15) is 25.5 Å². The third-order valence-corrected chi connectivity index (χ3v) is 4.64. The van der Waals surface area contributed by atoms with E-state index in [0.717, 1.165) is 28.2 Å². The Morgan fingerprint density at radius 3 is 2.88 bits per heavy atom. The minimum atomic E-state index is -0.304. The molecule has 1 aromatic heterocycles. The summed E-state index contributed by atoms with van der Waals surface area (Å²) in [6, 6.07) is 14.0. The first-order valence-electron chi connectivity index (χ1n) is 8.64. The lowest BCUT2D eigenvalue weighted by molar-refractivity contribution is -0.133. The summed E-state index contributed by atoms with van der Waals surface area (Å²) in [4.78, 5) is 25.1. The molecule has 4 rings (SSSR count). The second-order valence-electron chi connectivity index (χ2n) is 6.46. The predicted molar refractivity (Wildman–Crippen MR) is 99.9 cm³/mol. The molecule has 1 N–H and O–H groups in total. The van der Waals surface area contributed by atoms with Crippen molar-refractivity contribution < 1.29 is 14.0 Å². The van der Waals surface area contributed by atoms with Crippen LogP contribution in [0.15, 0.2) is 52.0 Å². The molecule has 2 aromatic carbocycles.